The normalized spacial score (nSPS) is 27.3. The van der Waals surface area contributed by atoms with Gasteiger partial charge in [-0.05, 0) is 47.0 Å². The lowest BCUT2D eigenvalue weighted by molar-refractivity contribution is -0.153. The van der Waals surface area contributed by atoms with Crippen molar-refractivity contribution in [2.45, 2.75) is 70.1 Å². The maximum atomic E-state index is 12.6. The number of likely N-dealkylation sites (tertiary alicyclic amines) is 1. The van der Waals surface area contributed by atoms with Crippen LogP contribution < -0.4 is 0 Å². The molecule has 0 aromatic carbocycles. The summed E-state index contributed by atoms with van der Waals surface area (Å²) in [4.78, 5) is 28.5. The Morgan fingerprint density at radius 2 is 1.58 bits per heavy atom. The van der Waals surface area contributed by atoms with Crippen molar-refractivity contribution >= 4 is 44.9 Å². The summed E-state index contributed by atoms with van der Waals surface area (Å²) in [5.74, 6) is -0.584. The quantitative estimate of drug-likeness (QED) is 0.644. The van der Waals surface area contributed by atoms with Gasteiger partial charge in [0.15, 0.2) is 9.84 Å². The molecule has 2 rings (SSSR count). The van der Waals surface area contributed by atoms with Gasteiger partial charge in [0.1, 0.15) is 11.8 Å². The Kier molecular flexibility index (Phi) is 6.26. The number of carbonyl (C=O) groups excluding carboxylic acids is 2. The van der Waals surface area contributed by atoms with Crippen molar-refractivity contribution in [1.82, 2.24) is 9.80 Å². The molecule has 0 spiro atoms. The first kappa shape index (κ1) is 21.8. The molecule has 2 aliphatic heterocycles. The minimum atomic E-state index is -3.13. The lowest BCUT2D eigenvalue weighted by Crippen LogP contribution is -2.67. The maximum absolute atomic E-state index is 12.6. The molecule has 2 fully saturated rings. The molecule has 2 heterocycles. The number of carbonyl (C=O) groups is 2. The Bertz CT molecular complexity index is 660. The summed E-state index contributed by atoms with van der Waals surface area (Å²) in [6.45, 7) is 7.83. The van der Waals surface area contributed by atoms with Gasteiger partial charge < -0.3 is 9.80 Å². The molecule has 0 aromatic heterocycles. The number of piperidine rings is 1. The Labute approximate surface area is 166 Å². The molecular formula is C17H28Cl2N2O4S. The third kappa shape index (κ3) is 4.30. The van der Waals surface area contributed by atoms with Crippen molar-refractivity contribution in [3.05, 3.63) is 0 Å². The largest absolute Gasteiger partial charge is 0.334 e. The highest BCUT2D eigenvalue weighted by Gasteiger charge is 2.51. The van der Waals surface area contributed by atoms with Gasteiger partial charge in [0, 0.05) is 23.2 Å². The van der Waals surface area contributed by atoms with Crippen molar-refractivity contribution in [1.29, 1.82) is 0 Å². The standard InChI is InChI=1S/C17H28Cl2N2O4S/c1-16(2)7-13(8-17(3,4)21(16)15(23)10-19)20(14(22)9-18)12-5-6-26(24,25)11-12/h12-13H,5-11H2,1-4H3. The summed E-state index contributed by atoms with van der Waals surface area (Å²) >= 11 is 11.6. The van der Waals surface area contributed by atoms with Crippen LogP contribution in [0.15, 0.2) is 0 Å². The van der Waals surface area contributed by atoms with E-state index in [9.17, 15) is 18.0 Å². The van der Waals surface area contributed by atoms with Crippen molar-refractivity contribution in [2.24, 2.45) is 0 Å². The van der Waals surface area contributed by atoms with Gasteiger partial charge in [-0.25, -0.2) is 8.42 Å². The van der Waals surface area contributed by atoms with E-state index in [1.54, 1.807) is 9.80 Å². The van der Waals surface area contributed by atoms with Gasteiger partial charge in [0.25, 0.3) is 0 Å². The van der Waals surface area contributed by atoms with Crippen LogP contribution in [-0.2, 0) is 19.4 Å². The van der Waals surface area contributed by atoms with E-state index < -0.39 is 20.9 Å². The van der Waals surface area contributed by atoms with Gasteiger partial charge in [-0.2, -0.15) is 0 Å². The Balaban J connectivity index is 2.36. The number of amides is 2. The van der Waals surface area contributed by atoms with Crippen LogP contribution >= 0.6 is 23.2 Å². The second kappa shape index (κ2) is 7.47. The zero-order chi connectivity index (χ0) is 19.9. The molecule has 9 heteroatoms. The van der Waals surface area contributed by atoms with Gasteiger partial charge in [0.2, 0.25) is 11.8 Å². The number of sulfone groups is 1. The lowest BCUT2D eigenvalue weighted by atomic mass is 9.76. The Hall–Kier alpha value is -0.530. The van der Waals surface area contributed by atoms with Gasteiger partial charge in [-0.1, -0.05) is 0 Å². The fourth-order valence-corrected chi connectivity index (χ4v) is 6.90. The summed E-state index contributed by atoms with van der Waals surface area (Å²) in [6, 6.07) is -0.526. The van der Waals surface area contributed by atoms with Crippen LogP contribution in [0.5, 0.6) is 0 Å². The molecular weight excluding hydrogens is 399 g/mol. The molecule has 150 valence electrons. The summed E-state index contributed by atoms with van der Waals surface area (Å²) < 4.78 is 23.9. The predicted molar refractivity (Wildman–Crippen MR) is 103 cm³/mol. The minimum absolute atomic E-state index is 0.0166. The monoisotopic (exact) mass is 426 g/mol. The first-order valence-electron chi connectivity index (χ1n) is 8.81. The summed E-state index contributed by atoms with van der Waals surface area (Å²) in [7, 11) is -3.13. The van der Waals surface area contributed by atoms with E-state index in [1.807, 2.05) is 27.7 Å². The summed E-state index contributed by atoms with van der Waals surface area (Å²) in [5.41, 5.74) is -1.03. The number of hydrogen-bond donors (Lipinski definition) is 0. The molecule has 1 atom stereocenters. The Morgan fingerprint density at radius 3 is 1.96 bits per heavy atom. The maximum Gasteiger partial charge on any atom is 0.238 e. The van der Waals surface area contributed by atoms with E-state index in [2.05, 4.69) is 0 Å². The number of rotatable bonds is 4. The highest BCUT2D eigenvalue weighted by molar-refractivity contribution is 7.91. The van der Waals surface area contributed by atoms with Crippen molar-refractivity contribution in [3.8, 4) is 0 Å². The van der Waals surface area contributed by atoms with E-state index in [-0.39, 0.29) is 47.2 Å². The number of nitrogens with zero attached hydrogens (tertiary/aromatic N) is 2. The molecule has 2 aliphatic rings. The van der Waals surface area contributed by atoms with Gasteiger partial charge in [0.05, 0.1) is 11.5 Å². The van der Waals surface area contributed by atoms with Crippen molar-refractivity contribution in [3.63, 3.8) is 0 Å². The second-order valence-electron chi connectivity index (χ2n) is 8.54. The predicted octanol–water partition coefficient (Wildman–Crippen LogP) is 2.03. The highest BCUT2D eigenvalue weighted by atomic mass is 35.5. The average molecular weight is 427 g/mol. The van der Waals surface area contributed by atoms with Crippen LogP contribution in [0.3, 0.4) is 0 Å². The highest BCUT2D eigenvalue weighted by Crippen LogP contribution is 2.41. The molecule has 0 N–H and O–H groups in total. The SMILES string of the molecule is CC1(C)CC(N(C(=O)CCl)C2CCS(=O)(=O)C2)CC(C)(C)N1C(=O)CCl. The van der Waals surface area contributed by atoms with Crippen LogP contribution in [0.1, 0.15) is 47.0 Å². The third-order valence-corrected chi connectivity index (χ3v) is 7.65. The minimum Gasteiger partial charge on any atom is -0.334 e. The van der Waals surface area contributed by atoms with Crippen molar-refractivity contribution in [2.75, 3.05) is 23.3 Å². The fourth-order valence-electron chi connectivity index (χ4n) is 4.93. The van der Waals surface area contributed by atoms with Crippen molar-refractivity contribution < 1.29 is 18.0 Å². The molecule has 2 amide bonds. The van der Waals surface area contributed by atoms with Crippen LogP contribution in [0, 0.1) is 0 Å². The summed E-state index contributed by atoms with van der Waals surface area (Å²) in [6.07, 6.45) is 1.54. The van der Waals surface area contributed by atoms with E-state index in [0.717, 1.165) is 0 Å². The molecule has 0 aliphatic carbocycles. The van der Waals surface area contributed by atoms with Crippen LogP contribution in [0.25, 0.3) is 0 Å². The molecule has 0 radical (unpaired) electrons. The smallest absolute Gasteiger partial charge is 0.238 e. The van der Waals surface area contributed by atoms with Gasteiger partial charge in [-0.3, -0.25) is 9.59 Å². The zero-order valence-corrected chi connectivity index (χ0v) is 18.1. The first-order valence-corrected chi connectivity index (χ1v) is 11.7. The third-order valence-electron chi connectivity index (χ3n) is 5.44. The lowest BCUT2D eigenvalue weighted by Gasteiger charge is -2.57. The number of halogens is 2. The second-order valence-corrected chi connectivity index (χ2v) is 11.3. The molecule has 0 bridgehead atoms. The molecule has 0 aromatic rings. The molecule has 1 unspecified atom stereocenters. The Morgan fingerprint density at radius 1 is 1.04 bits per heavy atom. The summed E-state index contributed by atoms with van der Waals surface area (Å²) in [5, 5.41) is 0. The number of alkyl halides is 2. The van der Waals surface area contributed by atoms with E-state index in [0.29, 0.717) is 19.3 Å². The molecule has 26 heavy (non-hydrogen) atoms. The first-order chi connectivity index (χ1) is 11.8. The van der Waals surface area contributed by atoms with Gasteiger partial charge >= 0.3 is 0 Å². The average Bonchev–Trinajstić information content (AvgIpc) is 2.84. The van der Waals surface area contributed by atoms with E-state index in [1.165, 1.54) is 0 Å². The van der Waals surface area contributed by atoms with Gasteiger partial charge in [-0.15, -0.1) is 23.2 Å². The van der Waals surface area contributed by atoms with Crippen LogP contribution in [0.4, 0.5) is 0 Å². The zero-order valence-electron chi connectivity index (χ0n) is 15.8. The van der Waals surface area contributed by atoms with Crippen LogP contribution in [0.2, 0.25) is 0 Å². The van der Waals surface area contributed by atoms with E-state index in [4.69, 9.17) is 23.2 Å². The molecule has 0 saturated carbocycles. The van der Waals surface area contributed by atoms with E-state index >= 15 is 0 Å². The topological polar surface area (TPSA) is 74.8 Å². The fraction of sp³-hybridized carbons (Fsp3) is 0.882. The molecule has 2 saturated heterocycles. The van der Waals surface area contributed by atoms with Crippen LogP contribution in [-0.4, -0.2) is 76.5 Å². The molecule has 6 nitrogen and oxygen atoms in total. The number of hydrogen-bond acceptors (Lipinski definition) is 4.